The van der Waals surface area contributed by atoms with Gasteiger partial charge in [0.15, 0.2) is 0 Å². The molecule has 1 aliphatic carbocycles. The van der Waals surface area contributed by atoms with Crippen LogP contribution in [0.5, 0.6) is 0 Å². The molecule has 1 N–H and O–H groups in total. The van der Waals surface area contributed by atoms with Crippen LogP contribution in [0.3, 0.4) is 0 Å². The fraction of sp³-hybridized carbons (Fsp3) is 0.571. The number of hydrogen-bond acceptors (Lipinski definition) is 1. The molecule has 1 aliphatic rings. The molecular formula is C14H21N2-. The summed E-state index contributed by atoms with van der Waals surface area (Å²) in [6, 6.07) is 11.7. The first-order chi connectivity index (χ1) is 7.81. The minimum atomic E-state index is 0.326. The third kappa shape index (κ3) is 3.06. The molecule has 0 heterocycles. The van der Waals surface area contributed by atoms with Crippen LogP contribution < -0.4 is 5.32 Å². The Morgan fingerprint density at radius 1 is 1.31 bits per heavy atom. The standard InChI is InChI=1S/C14H21N2/c1-11(10-16-13-8-9-13)14(15-2)12-6-4-3-5-7-12/h3-7,11,13-14,16H,8-10H2,1-2H3/q-1/t11-,14+/m0/s1. The molecule has 0 amide bonds. The van der Waals surface area contributed by atoms with Crippen LogP contribution in [0.1, 0.15) is 31.4 Å². The Labute approximate surface area is 98.4 Å². The van der Waals surface area contributed by atoms with Crippen LogP contribution in [0.15, 0.2) is 30.3 Å². The average molecular weight is 217 g/mol. The van der Waals surface area contributed by atoms with E-state index in [-0.39, 0.29) is 0 Å². The maximum Gasteiger partial charge on any atom is 0.00683 e. The molecule has 2 heteroatoms. The second-order valence-electron chi connectivity index (χ2n) is 4.77. The minimum Gasteiger partial charge on any atom is -0.658 e. The van der Waals surface area contributed by atoms with E-state index in [1.165, 1.54) is 18.4 Å². The van der Waals surface area contributed by atoms with Crippen LogP contribution in [0.25, 0.3) is 5.32 Å². The number of benzene rings is 1. The summed E-state index contributed by atoms with van der Waals surface area (Å²) in [6.07, 6.45) is 2.71. The zero-order valence-corrected chi connectivity index (χ0v) is 10.2. The van der Waals surface area contributed by atoms with Crippen molar-refractivity contribution in [3.05, 3.63) is 41.2 Å². The van der Waals surface area contributed by atoms with Gasteiger partial charge in [-0.2, -0.15) is 7.05 Å². The van der Waals surface area contributed by atoms with Gasteiger partial charge in [-0.05, 0) is 25.3 Å². The van der Waals surface area contributed by atoms with Crippen LogP contribution in [-0.4, -0.2) is 19.6 Å². The van der Waals surface area contributed by atoms with E-state index in [0.29, 0.717) is 12.0 Å². The van der Waals surface area contributed by atoms with Crippen LogP contribution in [0.2, 0.25) is 0 Å². The number of nitrogens with zero attached hydrogens (tertiary/aromatic N) is 1. The van der Waals surface area contributed by atoms with Gasteiger partial charge in [-0.25, -0.2) is 0 Å². The van der Waals surface area contributed by atoms with E-state index in [0.717, 1.165) is 12.6 Å². The van der Waals surface area contributed by atoms with Crippen molar-refractivity contribution in [1.82, 2.24) is 5.32 Å². The van der Waals surface area contributed by atoms with E-state index >= 15 is 0 Å². The fourth-order valence-electron chi connectivity index (χ4n) is 2.13. The van der Waals surface area contributed by atoms with Gasteiger partial charge in [-0.3, -0.25) is 0 Å². The van der Waals surface area contributed by atoms with Crippen molar-refractivity contribution in [3.63, 3.8) is 0 Å². The highest BCUT2D eigenvalue weighted by molar-refractivity contribution is 5.23. The zero-order valence-electron chi connectivity index (χ0n) is 10.2. The fourth-order valence-corrected chi connectivity index (χ4v) is 2.13. The lowest BCUT2D eigenvalue weighted by Crippen LogP contribution is -2.26. The lowest BCUT2D eigenvalue weighted by atomic mass is 9.94. The van der Waals surface area contributed by atoms with Gasteiger partial charge in [-0.15, -0.1) is 6.04 Å². The molecule has 0 aliphatic heterocycles. The van der Waals surface area contributed by atoms with Crippen molar-refractivity contribution in [2.75, 3.05) is 13.6 Å². The Morgan fingerprint density at radius 2 is 2.00 bits per heavy atom. The first kappa shape index (κ1) is 11.6. The predicted molar refractivity (Wildman–Crippen MR) is 68.7 cm³/mol. The quantitative estimate of drug-likeness (QED) is 0.778. The minimum absolute atomic E-state index is 0.326. The van der Waals surface area contributed by atoms with Crippen LogP contribution in [-0.2, 0) is 0 Å². The molecule has 0 bridgehead atoms. The second kappa shape index (κ2) is 5.46. The van der Waals surface area contributed by atoms with Crippen molar-refractivity contribution in [2.45, 2.75) is 31.8 Å². The Morgan fingerprint density at radius 3 is 2.56 bits per heavy atom. The molecule has 0 unspecified atom stereocenters. The maximum atomic E-state index is 4.52. The lowest BCUT2D eigenvalue weighted by molar-refractivity contribution is 0.462. The summed E-state index contributed by atoms with van der Waals surface area (Å²) in [5.41, 5.74) is 1.33. The van der Waals surface area contributed by atoms with Gasteiger partial charge in [0.1, 0.15) is 0 Å². The smallest absolute Gasteiger partial charge is 0.00683 e. The predicted octanol–water partition coefficient (Wildman–Crippen LogP) is 3.12. The van der Waals surface area contributed by atoms with Gasteiger partial charge in [0, 0.05) is 6.04 Å². The molecule has 1 aromatic carbocycles. The van der Waals surface area contributed by atoms with Crippen molar-refractivity contribution in [2.24, 2.45) is 5.92 Å². The molecule has 1 saturated carbocycles. The Bertz CT molecular complexity index is 306. The molecule has 16 heavy (non-hydrogen) atoms. The van der Waals surface area contributed by atoms with E-state index < -0.39 is 0 Å². The summed E-state index contributed by atoms with van der Waals surface area (Å²) in [5.74, 6) is 0.563. The highest BCUT2D eigenvalue weighted by atomic mass is 15.0. The van der Waals surface area contributed by atoms with Gasteiger partial charge in [0.2, 0.25) is 0 Å². The highest BCUT2D eigenvalue weighted by Gasteiger charge is 2.21. The van der Waals surface area contributed by atoms with E-state index in [2.05, 4.69) is 47.9 Å². The van der Waals surface area contributed by atoms with Crippen molar-refractivity contribution >= 4 is 0 Å². The first-order valence-corrected chi connectivity index (χ1v) is 6.18. The topological polar surface area (TPSA) is 26.1 Å². The molecular weight excluding hydrogens is 196 g/mol. The van der Waals surface area contributed by atoms with Crippen LogP contribution in [0.4, 0.5) is 0 Å². The molecule has 1 fully saturated rings. The van der Waals surface area contributed by atoms with Gasteiger partial charge in [0.05, 0.1) is 0 Å². The number of hydrogen-bond donors (Lipinski definition) is 1. The van der Waals surface area contributed by atoms with Crippen LogP contribution in [0, 0.1) is 5.92 Å². The van der Waals surface area contributed by atoms with E-state index in [9.17, 15) is 0 Å². The zero-order chi connectivity index (χ0) is 11.4. The van der Waals surface area contributed by atoms with Gasteiger partial charge in [0.25, 0.3) is 0 Å². The second-order valence-corrected chi connectivity index (χ2v) is 4.77. The Kier molecular flexibility index (Phi) is 3.97. The number of rotatable bonds is 6. The monoisotopic (exact) mass is 217 g/mol. The van der Waals surface area contributed by atoms with E-state index in [1.807, 2.05) is 7.05 Å². The summed E-state index contributed by atoms with van der Waals surface area (Å²) < 4.78 is 0. The molecule has 88 valence electrons. The van der Waals surface area contributed by atoms with E-state index in [4.69, 9.17) is 0 Å². The van der Waals surface area contributed by atoms with Gasteiger partial charge < -0.3 is 10.6 Å². The van der Waals surface area contributed by atoms with Crippen molar-refractivity contribution < 1.29 is 0 Å². The van der Waals surface area contributed by atoms with Gasteiger partial charge in [-0.1, -0.05) is 42.8 Å². The lowest BCUT2D eigenvalue weighted by Gasteiger charge is -2.34. The van der Waals surface area contributed by atoms with E-state index in [1.54, 1.807) is 0 Å². The third-order valence-electron chi connectivity index (χ3n) is 3.26. The van der Waals surface area contributed by atoms with Gasteiger partial charge >= 0.3 is 0 Å². The Hall–Kier alpha value is -0.860. The SMILES string of the molecule is C[N-][C@@H](c1ccccc1)[C@@H](C)CNC1CC1. The summed E-state index contributed by atoms with van der Waals surface area (Å²) in [5, 5.41) is 8.10. The first-order valence-electron chi connectivity index (χ1n) is 6.18. The van der Waals surface area contributed by atoms with Crippen LogP contribution >= 0.6 is 0 Å². The molecule has 0 spiro atoms. The largest absolute Gasteiger partial charge is 0.658 e. The summed E-state index contributed by atoms with van der Waals surface area (Å²) in [6.45, 7) is 3.35. The van der Waals surface area contributed by atoms with Crippen molar-refractivity contribution in [3.8, 4) is 0 Å². The third-order valence-corrected chi connectivity index (χ3v) is 3.26. The molecule has 0 saturated heterocycles. The molecule has 1 aromatic rings. The molecule has 2 rings (SSSR count). The summed E-state index contributed by atoms with van der Waals surface area (Å²) >= 11 is 0. The molecule has 0 aromatic heterocycles. The Balaban J connectivity index is 1.92. The highest BCUT2D eigenvalue weighted by Crippen LogP contribution is 2.29. The number of nitrogens with one attached hydrogen (secondary N) is 1. The summed E-state index contributed by atoms with van der Waals surface area (Å²) in [4.78, 5) is 0. The average Bonchev–Trinajstić information content (AvgIpc) is 3.13. The summed E-state index contributed by atoms with van der Waals surface area (Å²) in [7, 11) is 1.92. The van der Waals surface area contributed by atoms with Crippen molar-refractivity contribution in [1.29, 1.82) is 0 Å². The maximum absolute atomic E-state index is 4.52. The molecule has 2 atom stereocenters. The molecule has 2 nitrogen and oxygen atoms in total. The molecule has 0 radical (unpaired) electrons. The normalized spacial score (nSPS) is 19.4.